The minimum Gasteiger partial charge on any atom is -0.456 e. The van der Waals surface area contributed by atoms with Gasteiger partial charge in [0.1, 0.15) is 17.5 Å². The summed E-state index contributed by atoms with van der Waals surface area (Å²) in [4.78, 5) is 23.5. The van der Waals surface area contributed by atoms with Gasteiger partial charge in [0, 0.05) is 43.7 Å². The first kappa shape index (κ1) is 24.8. The van der Waals surface area contributed by atoms with Crippen molar-refractivity contribution in [1.82, 2.24) is 24.9 Å². The molecule has 0 aliphatic carbocycles. The fraction of sp³-hybridized carbons (Fsp3) is 0. The number of nitrogens with zero attached hydrogens (tertiary/aromatic N) is 5. The number of aromatic nitrogens is 5. The van der Waals surface area contributed by atoms with Gasteiger partial charge in [-0.2, -0.15) is 0 Å². The van der Waals surface area contributed by atoms with E-state index >= 15 is 0 Å². The maximum absolute atomic E-state index is 6.29. The zero-order chi connectivity index (χ0) is 29.0. The van der Waals surface area contributed by atoms with Crippen molar-refractivity contribution in [1.29, 1.82) is 0 Å². The van der Waals surface area contributed by atoms with Crippen LogP contribution in [-0.4, -0.2) is 24.9 Å². The monoisotopic (exact) mass is 583 g/mol. The van der Waals surface area contributed by atoms with Crippen LogP contribution in [0.2, 0.25) is 0 Å². The Balaban J connectivity index is 1.22. The first-order chi connectivity index (χ1) is 21.8. The molecule has 7 heteroatoms. The number of furan rings is 1. The molecule has 0 radical (unpaired) electrons. The highest BCUT2D eigenvalue weighted by atomic mass is 32.1. The minimum absolute atomic E-state index is 0.612. The van der Waals surface area contributed by atoms with Crippen LogP contribution in [0.3, 0.4) is 0 Å². The summed E-state index contributed by atoms with van der Waals surface area (Å²) in [6, 6.07) is 39.0. The van der Waals surface area contributed by atoms with Crippen molar-refractivity contribution in [3.63, 3.8) is 0 Å². The second-order valence-electron chi connectivity index (χ2n) is 10.6. The summed E-state index contributed by atoms with van der Waals surface area (Å²) in [6.07, 6.45) is 3.50. The zero-order valence-corrected chi connectivity index (χ0v) is 24.0. The van der Waals surface area contributed by atoms with Gasteiger partial charge in [0.05, 0.1) is 10.2 Å². The van der Waals surface area contributed by atoms with E-state index in [9.17, 15) is 0 Å². The summed E-state index contributed by atoms with van der Waals surface area (Å²) in [5, 5.41) is 3.19. The predicted octanol–water partition coefficient (Wildman–Crippen LogP) is 9.60. The molecule has 0 unspecified atom stereocenters. The van der Waals surface area contributed by atoms with Gasteiger partial charge in [-0.3, -0.25) is 0 Å². The first-order valence-electron chi connectivity index (χ1n) is 14.2. The van der Waals surface area contributed by atoms with Crippen molar-refractivity contribution in [2.45, 2.75) is 0 Å². The molecule has 0 aliphatic rings. The zero-order valence-electron chi connectivity index (χ0n) is 23.2. The minimum atomic E-state index is 0.612. The molecule has 9 rings (SSSR count). The molecule has 4 aromatic heterocycles. The summed E-state index contributed by atoms with van der Waals surface area (Å²) < 4.78 is 8.56. The number of thiophene rings is 1. The van der Waals surface area contributed by atoms with E-state index in [0.29, 0.717) is 17.5 Å². The van der Waals surface area contributed by atoms with Gasteiger partial charge < -0.3 is 4.42 Å². The van der Waals surface area contributed by atoms with Crippen molar-refractivity contribution < 1.29 is 4.42 Å². The molecule has 0 spiro atoms. The first-order valence-corrected chi connectivity index (χ1v) is 15.1. The third kappa shape index (κ3) is 4.06. The van der Waals surface area contributed by atoms with E-state index in [0.717, 1.165) is 65.4 Å². The van der Waals surface area contributed by atoms with Crippen LogP contribution in [0, 0.1) is 0 Å². The topological polar surface area (TPSA) is 77.6 Å². The predicted molar refractivity (Wildman–Crippen MR) is 177 cm³/mol. The second-order valence-corrected chi connectivity index (χ2v) is 11.6. The highest BCUT2D eigenvalue weighted by molar-refractivity contribution is 7.26. The molecule has 0 bridgehead atoms. The molecular formula is C37H21N5OS. The van der Waals surface area contributed by atoms with Gasteiger partial charge in [-0.1, -0.05) is 84.9 Å². The van der Waals surface area contributed by atoms with Crippen molar-refractivity contribution in [3.8, 4) is 45.3 Å². The van der Waals surface area contributed by atoms with Crippen LogP contribution >= 0.6 is 11.3 Å². The standard InChI is InChI=1S/C37H21N5OS/c1-3-8-22(9-4-1)35-40-36(23-10-5-2-6-11-23)42-37(41-35)25-15-17-31-29(19-25)28-18-24(14-16-30(28)43-31)26-12-7-13-27-33-32(44-34(26)27)20-38-21-39-33/h1-21H. The molecule has 0 fully saturated rings. The summed E-state index contributed by atoms with van der Waals surface area (Å²) in [5.74, 6) is 1.88. The average Bonchev–Trinajstić information content (AvgIpc) is 3.66. The van der Waals surface area contributed by atoms with Crippen LogP contribution < -0.4 is 0 Å². The van der Waals surface area contributed by atoms with Crippen molar-refractivity contribution in [2.24, 2.45) is 0 Å². The number of hydrogen-bond donors (Lipinski definition) is 0. The molecule has 0 N–H and O–H groups in total. The Labute approximate surface area is 255 Å². The van der Waals surface area contributed by atoms with E-state index in [-0.39, 0.29) is 0 Å². The van der Waals surface area contributed by atoms with E-state index in [2.05, 4.69) is 52.4 Å². The van der Waals surface area contributed by atoms with Crippen LogP contribution in [-0.2, 0) is 0 Å². The van der Waals surface area contributed by atoms with Crippen molar-refractivity contribution in [2.75, 3.05) is 0 Å². The number of benzene rings is 5. The lowest BCUT2D eigenvalue weighted by Crippen LogP contribution is -2.00. The molecule has 206 valence electrons. The van der Waals surface area contributed by atoms with Crippen molar-refractivity contribution in [3.05, 3.63) is 128 Å². The van der Waals surface area contributed by atoms with E-state index in [1.807, 2.05) is 79.0 Å². The highest BCUT2D eigenvalue weighted by Gasteiger charge is 2.16. The Morgan fingerprint density at radius 2 is 1.14 bits per heavy atom. The normalized spacial score (nSPS) is 11.6. The Kier molecular flexibility index (Phi) is 5.57. The third-order valence-corrected chi connectivity index (χ3v) is 9.06. The average molecular weight is 584 g/mol. The molecule has 0 aliphatic heterocycles. The molecule has 0 saturated heterocycles. The van der Waals surface area contributed by atoms with E-state index < -0.39 is 0 Å². The smallest absolute Gasteiger partial charge is 0.164 e. The number of rotatable bonds is 4. The van der Waals surface area contributed by atoms with Gasteiger partial charge in [0.15, 0.2) is 17.5 Å². The Bertz CT molecular complexity index is 2450. The highest BCUT2D eigenvalue weighted by Crippen LogP contribution is 2.41. The van der Waals surface area contributed by atoms with Crippen LogP contribution in [0.5, 0.6) is 0 Å². The van der Waals surface area contributed by atoms with Gasteiger partial charge >= 0.3 is 0 Å². The maximum atomic E-state index is 6.29. The van der Waals surface area contributed by atoms with Crippen LogP contribution in [0.15, 0.2) is 132 Å². The molecule has 44 heavy (non-hydrogen) atoms. The lowest BCUT2D eigenvalue weighted by Gasteiger charge is -2.08. The summed E-state index contributed by atoms with van der Waals surface area (Å²) in [7, 11) is 0. The quantitative estimate of drug-likeness (QED) is 0.205. The molecule has 5 aromatic carbocycles. The Hall–Kier alpha value is -5.79. The van der Waals surface area contributed by atoms with Crippen LogP contribution in [0.25, 0.3) is 87.5 Å². The molecule has 9 aromatic rings. The Morgan fingerprint density at radius 3 is 1.82 bits per heavy atom. The molecule has 6 nitrogen and oxygen atoms in total. The van der Waals surface area contributed by atoms with E-state index in [1.165, 1.54) is 4.70 Å². The fourth-order valence-corrected chi connectivity index (χ4v) is 6.95. The number of hydrogen-bond acceptors (Lipinski definition) is 7. The van der Waals surface area contributed by atoms with Gasteiger partial charge in [-0.15, -0.1) is 11.3 Å². The molecule has 0 saturated carbocycles. The second kappa shape index (κ2) is 9.90. The molecular weight excluding hydrogens is 563 g/mol. The summed E-state index contributed by atoms with van der Waals surface area (Å²) in [6.45, 7) is 0. The van der Waals surface area contributed by atoms with Crippen LogP contribution in [0.1, 0.15) is 0 Å². The van der Waals surface area contributed by atoms with Gasteiger partial charge in [-0.05, 0) is 41.5 Å². The maximum Gasteiger partial charge on any atom is 0.164 e. The summed E-state index contributed by atoms with van der Waals surface area (Å²) in [5.41, 5.74) is 7.70. The molecule has 4 heterocycles. The lowest BCUT2D eigenvalue weighted by molar-refractivity contribution is 0.669. The Morgan fingerprint density at radius 1 is 0.523 bits per heavy atom. The van der Waals surface area contributed by atoms with E-state index in [4.69, 9.17) is 19.4 Å². The fourth-order valence-electron chi connectivity index (χ4n) is 5.79. The van der Waals surface area contributed by atoms with E-state index in [1.54, 1.807) is 17.7 Å². The van der Waals surface area contributed by atoms with Gasteiger partial charge in [-0.25, -0.2) is 24.9 Å². The van der Waals surface area contributed by atoms with Crippen LogP contribution in [0.4, 0.5) is 0 Å². The lowest BCUT2D eigenvalue weighted by atomic mass is 10.0. The largest absolute Gasteiger partial charge is 0.456 e. The molecule has 0 atom stereocenters. The third-order valence-electron chi connectivity index (χ3n) is 7.90. The summed E-state index contributed by atoms with van der Waals surface area (Å²) >= 11 is 1.72. The molecule has 0 amide bonds. The SMILES string of the molecule is c1ccc(-c2nc(-c3ccccc3)nc(-c3ccc4oc5ccc(-c6cccc7c6sc6cncnc67)cc5c4c3)n2)cc1. The van der Waals surface area contributed by atoms with Gasteiger partial charge in [0.2, 0.25) is 0 Å². The van der Waals surface area contributed by atoms with Gasteiger partial charge in [0.25, 0.3) is 0 Å². The number of fused-ring (bicyclic) bond motifs is 6. The van der Waals surface area contributed by atoms with Crippen molar-refractivity contribution >= 4 is 53.6 Å².